The zero-order chi connectivity index (χ0) is 19.7. The van der Waals surface area contributed by atoms with Crippen molar-refractivity contribution in [1.29, 1.82) is 0 Å². The van der Waals surface area contributed by atoms with Crippen LogP contribution in [0, 0.1) is 13.8 Å². The second-order valence-electron chi connectivity index (χ2n) is 5.71. The van der Waals surface area contributed by atoms with Gasteiger partial charge in [0.2, 0.25) is 5.13 Å². The highest BCUT2D eigenvalue weighted by molar-refractivity contribution is 8.01. The number of anilines is 1. The van der Waals surface area contributed by atoms with Crippen LogP contribution in [0.5, 0.6) is 0 Å². The molecule has 0 spiro atoms. The van der Waals surface area contributed by atoms with Gasteiger partial charge in [0.05, 0.1) is 19.9 Å². The summed E-state index contributed by atoms with van der Waals surface area (Å²) in [5, 5.41) is 13.9. The molecule has 144 valence electrons. The number of hydrogen-bond acceptors (Lipinski definition) is 11. The molecular weight excluding hydrogens is 418 g/mol. The highest BCUT2D eigenvalue weighted by Crippen LogP contribution is 2.39. The molecule has 4 aromatic rings. The summed E-state index contributed by atoms with van der Waals surface area (Å²) < 4.78 is 10.9. The van der Waals surface area contributed by atoms with Gasteiger partial charge in [0.25, 0.3) is 0 Å². The van der Waals surface area contributed by atoms with Gasteiger partial charge in [0, 0.05) is 5.39 Å². The summed E-state index contributed by atoms with van der Waals surface area (Å²) >= 11 is 4.15. The van der Waals surface area contributed by atoms with E-state index in [1.807, 2.05) is 26.0 Å². The Kier molecular flexibility index (Phi) is 5.29. The van der Waals surface area contributed by atoms with Gasteiger partial charge in [-0.2, -0.15) is 0 Å². The van der Waals surface area contributed by atoms with Crippen LogP contribution >= 0.6 is 34.4 Å². The third kappa shape index (κ3) is 3.73. The van der Waals surface area contributed by atoms with Crippen LogP contribution in [0.3, 0.4) is 0 Å². The highest BCUT2D eigenvalue weighted by Gasteiger charge is 2.21. The largest absolute Gasteiger partial charge is 0.467 e. The number of thiophene rings is 1. The van der Waals surface area contributed by atoms with E-state index in [2.05, 4.69) is 25.5 Å². The van der Waals surface area contributed by atoms with Gasteiger partial charge in [-0.15, -0.1) is 21.5 Å². The van der Waals surface area contributed by atoms with E-state index in [-0.39, 0.29) is 5.97 Å². The predicted molar refractivity (Wildman–Crippen MR) is 108 cm³/mol. The minimum Gasteiger partial charge on any atom is -0.467 e. The summed E-state index contributed by atoms with van der Waals surface area (Å²) in [5.74, 6) is 1.09. The standard InChI is InChI=1S/C17H15N5O3S3/c1-8-11-13(26-12(8)15(23)24-3)19-9(2)20-14(11)27-17-22-21-16(28-17)18-7-10-5-4-6-25-10/h4-6H,7H2,1-3H3,(H,18,21). The monoisotopic (exact) mass is 433 g/mol. The second-order valence-corrected chi connectivity index (χ2v) is 8.92. The Bertz CT molecular complexity index is 1140. The van der Waals surface area contributed by atoms with Crippen LogP contribution in [0.25, 0.3) is 10.2 Å². The molecule has 0 aromatic carbocycles. The molecule has 4 aromatic heterocycles. The first-order valence-corrected chi connectivity index (χ1v) is 10.6. The molecule has 0 aliphatic rings. The van der Waals surface area contributed by atoms with E-state index in [9.17, 15) is 4.79 Å². The van der Waals surface area contributed by atoms with E-state index in [0.717, 1.165) is 30.9 Å². The van der Waals surface area contributed by atoms with Crippen LogP contribution in [0.4, 0.5) is 5.13 Å². The average molecular weight is 434 g/mol. The number of ether oxygens (including phenoxy) is 1. The smallest absolute Gasteiger partial charge is 0.348 e. The minimum absolute atomic E-state index is 0.366. The van der Waals surface area contributed by atoms with Crippen molar-refractivity contribution in [1.82, 2.24) is 20.2 Å². The van der Waals surface area contributed by atoms with Crippen LogP contribution < -0.4 is 5.32 Å². The molecule has 0 atom stereocenters. The molecule has 28 heavy (non-hydrogen) atoms. The van der Waals surface area contributed by atoms with E-state index in [0.29, 0.717) is 22.4 Å². The lowest BCUT2D eigenvalue weighted by atomic mass is 10.2. The Balaban J connectivity index is 1.61. The van der Waals surface area contributed by atoms with Gasteiger partial charge in [0.15, 0.2) is 4.34 Å². The lowest BCUT2D eigenvalue weighted by Crippen LogP contribution is -1.99. The van der Waals surface area contributed by atoms with Crippen LogP contribution in [-0.2, 0) is 11.3 Å². The predicted octanol–water partition coefficient (Wildman–Crippen LogP) is 4.30. The van der Waals surface area contributed by atoms with Gasteiger partial charge >= 0.3 is 5.97 Å². The Hall–Kier alpha value is -2.50. The van der Waals surface area contributed by atoms with Crippen molar-refractivity contribution in [3.8, 4) is 0 Å². The molecule has 0 fully saturated rings. The van der Waals surface area contributed by atoms with Crippen molar-refractivity contribution in [2.75, 3.05) is 12.4 Å². The number of hydrogen-bond donors (Lipinski definition) is 1. The molecule has 0 amide bonds. The molecule has 0 aliphatic heterocycles. The number of methoxy groups -OCH3 is 1. The van der Waals surface area contributed by atoms with Gasteiger partial charge in [-0.1, -0.05) is 11.3 Å². The molecule has 0 aliphatic carbocycles. The van der Waals surface area contributed by atoms with Crippen molar-refractivity contribution < 1.29 is 13.9 Å². The first kappa shape index (κ1) is 18.8. The van der Waals surface area contributed by atoms with E-state index in [1.165, 1.54) is 41.5 Å². The van der Waals surface area contributed by atoms with Gasteiger partial charge < -0.3 is 14.5 Å². The molecule has 0 bridgehead atoms. The molecule has 0 unspecified atom stereocenters. The second kappa shape index (κ2) is 7.86. The van der Waals surface area contributed by atoms with E-state index in [4.69, 9.17) is 9.15 Å². The molecule has 11 heteroatoms. The van der Waals surface area contributed by atoms with Crippen molar-refractivity contribution in [2.45, 2.75) is 29.8 Å². The lowest BCUT2D eigenvalue weighted by Gasteiger charge is -2.02. The van der Waals surface area contributed by atoms with Gasteiger partial charge in [-0.25, -0.2) is 14.8 Å². The number of carbonyl (C=O) groups is 1. The molecule has 0 saturated carbocycles. The van der Waals surface area contributed by atoms with Gasteiger partial charge in [-0.05, 0) is 43.3 Å². The Morgan fingerprint density at radius 3 is 2.89 bits per heavy atom. The number of aryl methyl sites for hydroxylation is 2. The van der Waals surface area contributed by atoms with Crippen LogP contribution in [0.2, 0.25) is 0 Å². The third-order valence-electron chi connectivity index (χ3n) is 3.82. The molecule has 4 heterocycles. The van der Waals surface area contributed by atoms with Crippen molar-refractivity contribution in [2.24, 2.45) is 0 Å². The Labute approximate surface area is 172 Å². The SMILES string of the molecule is COC(=O)c1sc2nc(C)nc(Sc3nnc(NCc4ccco4)s3)c2c1C. The summed E-state index contributed by atoms with van der Waals surface area (Å²) in [5.41, 5.74) is 0.815. The zero-order valence-electron chi connectivity index (χ0n) is 15.2. The third-order valence-corrected chi connectivity index (χ3v) is 6.91. The molecule has 0 radical (unpaired) electrons. The molecule has 8 nitrogen and oxygen atoms in total. The fraction of sp³-hybridized carbons (Fsp3) is 0.235. The lowest BCUT2D eigenvalue weighted by molar-refractivity contribution is 0.0605. The fourth-order valence-electron chi connectivity index (χ4n) is 2.55. The van der Waals surface area contributed by atoms with Crippen LogP contribution in [0.1, 0.15) is 26.8 Å². The number of furan rings is 1. The topological polar surface area (TPSA) is 103 Å². The summed E-state index contributed by atoms with van der Waals surface area (Å²) in [4.78, 5) is 22.4. The van der Waals surface area contributed by atoms with Crippen molar-refractivity contribution in [3.63, 3.8) is 0 Å². The number of nitrogens with zero attached hydrogens (tertiary/aromatic N) is 4. The summed E-state index contributed by atoms with van der Waals surface area (Å²) in [6.07, 6.45) is 1.63. The Morgan fingerprint density at radius 1 is 1.29 bits per heavy atom. The van der Waals surface area contributed by atoms with Gasteiger partial charge in [0.1, 0.15) is 26.3 Å². The number of rotatable bonds is 6. The van der Waals surface area contributed by atoms with Crippen molar-refractivity contribution >= 4 is 55.8 Å². The first-order valence-electron chi connectivity index (χ1n) is 8.19. The number of fused-ring (bicyclic) bond motifs is 1. The summed E-state index contributed by atoms with van der Waals surface area (Å²) in [6, 6.07) is 3.73. The summed E-state index contributed by atoms with van der Waals surface area (Å²) in [6.45, 7) is 4.24. The number of aromatic nitrogens is 4. The van der Waals surface area contributed by atoms with E-state index in [1.54, 1.807) is 6.26 Å². The maximum atomic E-state index is 12.0. The normalized spacial score (nSPS) is 11.1. The van der Waals surface area contributed by atoms with Crippen LogP contribution in [0.15, 0.2) is 32.2 Å². The molecule has 4 rings (SSSR count). The maximum absolute atomic E-state index is 12.0. The maximum Gasteiger partial charge on any atom is 0.348 e. The average Bonchev–Trinajstić information content (AvgIpc) is 3.40. The number of carbonyl (C=O) groups excluding carboxylic acids is 1. The quantitative estimate of drug-likeness (QED) is 0.352. The molecule has 1 N–H and O–H groups in total. The first-order chi connectivity index (χ1) is 13.5. The fourth-order valence-corrected chi connectivity index (χ4v) is 5.65. The van der Waals surface area contributed by atoms with Crippen molar-refractivity contribution in [3.05, 3.63) is 40.4 Å². The van der Waals surface area contributed by atoms with Crippen LogP contribution in [-0.4, -0.2) is 33.2 Å². The molecule has 0 saturated heterocycles. The number of nitrogens with one attached hydrogen (secondary N) is 1. The number of esters is 1. The minimum atomic E-state index is -0.366. The summed E-state index contributed by atoms with van der Waals surface area (Å²) in [7, 11) is 1.37. The highest BCUT2D eigenvalue weighted by atomic mass is 32.2. The van der Waals surface area contributed by atoms with Gasteiger partial charge in [-0.3, -0.25) is 0 Å². The Morgan fingerprint density at radius 2 is 2.14 bits per heavy atom. The van der Waals surface area contributed by atoms with E-state index >= 15 is 0 Å². The molecular formula is C17H15N5O3S3. The zero-order valence-corrected chi connectivity index (χ0v) is 17.6. The van der Waals surface area contributed by atoms with E-state index < -0.39 is 0 Å².